The Kier molecular flexibility index (Phi) is 8.57. The largest absolute Gasteiger partial charge is 0.323 e. The van der Waals surface area contributed by atoms with Crippen molar-refractivity contribution in [3.05, 3.63) is 71.8 Å². The molecule has 0 radical (unpaired) electrons. The van der Waals surface area contributed by atoms with Crippen molar-refractivity contribution in [1.82, 2.24) is 0 Å². The third-order valence-corrected chi connectivity index (χ3v) is 11.7. The van der Waals surface area contributed by atoms with Crippen LogP contribution in [0.2, 0.25) is 0 Å². The quantitative estimate of drug-likeness (QED) is 0.187. The Labute approximate surface area is 233 Å². The van der Waals surface area contributed by atoms with Gasteiger partial charge in [0.1, 0.15) is 0 Å². The van der Waals surface area contributed by atoms with E-state index >= 15 is 0 Å². The highest BCUT2D eigenvalue weighted by atomic mass is 15.4. The minimum absolute atomic E-state index is 0.824. The zero-order valence-corrected chi connectivity index (χ0v) is 24.1. The van der Waals surface area contributed by atoms with Crippen LogP contribution in [0.15, 0.2) is 60.7 Å². The van der Waals surface area contributed by atoms with E-state index in [0.717, 1.165) is 23.7 Å². The highest BCUT2D eigenvalue weighted by molar-refractivity contribution is 5.22. The van der Waals surface area contributed by atoms with Gasteiger partial charge in [-0.3, -0.25) is 0 Å². The third kappa shape index (κ3) is 6.07. The van der Waals surface area contributed by atoms with Gasteiger partial charge in [-0.05, 0) is 48.6 Å². The fraction of sp³-hybridized carbons (Fsp3) is 0.667. The normalized spacial score (nSPS) is 34.0. The van der Waals surface area contributed by atoms with Crippen molar-refractivity contribution in [2.75, 3.05) is 52.4 Å². The molecule has 4 bridgehead atoms. The molecule has 0 saturated carbocycles. The maximum atomic E-state index is 2.39. The number of quaternary nitrogens is 2. The minimum atomic E-state index is 0.824. The van der Waals surface area contributed by atoms with Crippen LogP contribution >= 0.6 is 0 Å². The predicted octanol–water partition coefficient (Wildman–Crippen LogP) is 8.16. The molecule has 6 aliphatic heterocycles. The summed E-state index contributed by atoms with van der Waals surface area (Å²) in [6.07, 6.45) is 17.5. The van der Waals surface area contributed by atoms with Crippen molar-refractivity contribution >= 4 is 0 Å². The Hall–Kier alpha value is -1.64. The van der Waals surface area contributed by atoms with Crippen molar-refractivity contribution in [3.63, 3.8) is 0 Å². The first kappa shape index (κ1) is 26.6. The van der Waals surface area contributed by atoms with Crippen LogP contribution in [0.1, 0.15) is 100 Å². The van der Waals surface area contributed by atoms with Crippen LogP contribution in [0.3, 0.4) is 0 Å². The Morgan fingerprint density at radius 3 is 1.16 bits per heavy atom. The highest BCUT2D eigenvalue weighted by Crippen LogP contribution is 2.44. The maximum Gasteiger partial charge on any atom is 0.0859 e. The van der Waals surface area contributed by atoms with Gasteiger partial charge in [-0.1, -0.05) is 86.3 Å². The first-order valence-corrected chi connectivity index (χ1v) is 16.5. The van der Waals surface area contributed by atoms with Gasteiger partial charge in [0.2, 0.25) is 0 Å². The van der Waals surface area contributed by atoms with Crippen LogP contribution in [0.5, 0.6) is 0 Å². The summed E-state index contributed by atoms with van der Waals surface area (Å²) < 4.78 is 2.86. The molecule has 206 valence electrons. The molecule has 6 aliphatic rings. The van der Waals surface area contributed by atoms with Crippen LogP contribution in [0.25, 0.3) is 0 Å². The lowest BCUT2D eigenvalue weighted by molar-refractivity contribution is -0.944. The van der Waals surface area contributed by atoms with Gasteiger partial charge in [0.15, 0.2) is 0 Å². The molecule has 0 amide bonds. The summed E-state index contributed by atoms with van der Waals surface area (Å²) in [7, 11) is 0. The average molecular weight is 515 g/mol. The zero-order valence-electron chi connectivity index (χ0n) is 24.1. The van der Waals surface area contributed by atoms with E-state index in [4.69, 9.17) is 0 Å². The first-order valence-electron chi connectivity index (χ1n) is 16.5. The highest BCUT2D eigenvalue weighted by Gasteiger charge is 2.46. The smallest absolute Gasteiger partial charge is 0.0859 e. The molecule has 0 spiro atoms. The number of rotatable bonds is 13. The third-order valence-electron chi connectivity index (χ3n) is 11.7. The molecule has 2 aromatic rings. The monoisotopic (exact) mass is 514 g/mol. The maximum absolute atomic E-state index is 2.39. The molecule has 2 nitrogen and oxygen atoms in total. The van der Waals surface area contributed by atoms with Crippen molar-refractivity contribution in [2.24, 2.45) is 11.8 Å². The Morgan fingerprint density at radius 2 is 0.789 bits per heavy atom. The number of hydrogen-bond donors (Lipinski definition) is 0. The molecule has 0 N–H and O–H groups in total. The molecule has 0 aliphatic carbocycles. The van der Waals surface area contributed by atoms with Crippen molar-refractivity contribution < 1.29 is 8.97 Å². The molecular weight excluding hydrogens is 460 g/mol. The number of benzene rings is 2. The molecular formula is C36H54N2+2. The van der Waals surface area contributed by atoms with E-state index in [2.05, 4.69) is 60.7 Å². The molecule has 2 heteroatoms. The van der Waals surface area contributed by atoms with E-state index in [1.165, 1.54) is 138 Å². The van der Waals surface area contributed by atoms with Gasteiger partial charge >= 0.3 is 0 Å². The standard InChI is InChI=1S/C36H54N2/c1(3-5-13-23-37-25-19-33(20-26-37)35(29-37)31-15-9-7-10-16-31)2-4-6-14-24-38-27-21-34(22-28-38)36(30-38)32-17-11-8-12-18-32/h7-12,15-18,33-36H,1-6,13-14,19-30H2/q+2. The molecule has 6 fully saturated rings. The molecule has 6 saturated heterocycles. The van der Waals surface area contributed by atoms with Crippen LogP contribution in [-0.2, 0) is 0 Å². The fourth-order valence-corrected chi connectivity index (χ4v) is 9.31. The summed E-state index contributed by atoms with van der Waals surface area (Å²) in [6.45, 7) is 11.6. The molecule has 8 rings (SSSR count). The van der Waals surface area contributed by atoms with Crippen molar-refractivity contribution in [2.45, 2.75) is 88.9 Å². The van der Waals surface area contributed by atoms with E-state index in [1.807, 2.05) is 0 Å². The average Bonchev–Trinajstić information content (AvgIpc) is 3.00. The summed E-state index contributed by atoms with van der Waals surface area (Å²) in [5.41, 5.74) is 3.23. The second kappa shape index (κ2) is 12.3. The van der Waals surface area contributed by atoms with Gasteiger partial charge in [-0.15, -0.1) is 0 Å². The Bertz CT molecular complexity index is 887. The lowest BCUT2D eigenvalue weighted by Gasteiger charge is -2.53. The van der Waals surface area contributed by atoms with Crippen molar-refractivity contribution in [1.29, 1.82) is 0 Å². The number of nitrogens with zero attached hydrogens (tertiary/aromatic N) is 2. The van der Waals surface area contributed by atoms with Gasteiger partial charge in [-0.2, -0.15) is 0 Å². The second-order valence-electron chi connectivity index (χ2n) is 13.9. The minimum Gasteiger partial charge on any atom is -0.323 e. The number of hydrogen-bond acceptors (Lipinski definition) is 0. The lowest BCUT2D eigenvalue weighted by Crippen LogP contribution is -2.61. The predicted molar refractivity (Wildman–Crippen MR) is 160 cm³/mol. The van der Waals surface area contributed by atoms with Gasteiger partial charge < -0.3 is 8.97 Å². The second-order valence-corrected chi connectivity index (χ2v) is 13.9. The molecule has 38 heavy (non-hydrogen) atoms. The summed E-state index contributed by atoms with van der Waals surface area (Å²) in [4.78, 5) is 0. The van der Waals surface area contributed by atoms with E-state index in [-0.39, 0.29) is 0 Å². The van der Waals surface area contributed by atoms with Crippen LogP contribution in [0.4, 0.5) is 0 Å². The SMILES string of the molecule is c1ccc(C2C[N+]3(CCCCCCCCCC[N+]45CCC(CC4)C(c4ccccc4)C5)CCC2CC3)cc1. The fourth-order valence-electron chi connectivity index (χ4n) is 9.31. The summed E-state index contributed by atoms with van der Waals surface area (Å²) in [5.74, 6) is 3.55. The van der Waals surface area contributed by atoms with Gasteiger partial charge in [0.05, 0.1) is 52.4 Å². The summed E-state index contributed by atoms with van der Waals surface area (Å²) in [5, 5.41) is 0. The van der Waals surface area contributed by atoms with E-state index in [0.29, 0.717) is 0 Å². The molecule has 2 unspecified atom stereocenters. The van der Waals surface area contributed by atoms with E-state index in [9.17, 15) is 0 Å². The Morgan fingerprint density at radius 1 is 0.447 bits per heavy atom. The van der Waals surface area contributed by atoms with E-state index < -0.39 is 0 Å². The summed E-state index contributed by atoms with van der Waals surface area (Å²) in [6, 6.07) is 22.9. The molecule has 0 aromatic heterocycles. The summed E-state index contributed by atoms with van der Waals surface area (Å²) >= 11 is 0. The topological polar surface area (TPSA) is 0 Å². The molecule has 2 aromatic carbocycles. The Balaban J connectivity index is 0.843. The van der Waals surface area contributed by atoms with Gasteiger partial charge in [0.25, 0.3) is 0 Å². The molecule has 2 atom stereocenters. The zero-order chi connectivity index (χ0) is 25.7. The number of fused-ring (bicyclic) bond motifs is 6. The van der Waals surface area contributed by atoms with Gasteiger partial charge in [0, 0.05) is 37.5 Å². The van der Waals surface area contributed by atoms with Crippen LogP contribution in [-0.4, -0.2) is 61.3 Å². The first-order chi connectivity index (χ1) is 18.7. The number of piperidine rings is 6. The van der Waals surface area contributed by atoms with Crippen LogP contribution < -0.4 is 0 Å². The molecule has 6 heterocycles. The van der Waals surface area contributed by atoms with Crippen molar-refractivity contribution in [3.8, 4) is 0 Å². The van der Waals surface area contributed by atoms with Crippen LogP contribution in [0, 0.1) is 11.8 Å². The number of unbranched alkanes of at least 4 members (excludes halogenated alkanes) is 7. The van der Waals surface area contributed by atoms with Gasteiger partial charge in [-0.25, -0.2) is 0 Å². The lowest BCUT2D eigenvalue weighted by atomic mass is 9.73. The van der Waals surface area contributed by atoms with E-state index in [1.54, 1.807) is 11.1 Å².